The van der Waals surface area contributed by atoms with Gasteiger partial charge in [0.2, 0.25) is 21.8 Å². The van der Waals surface area contributed by atoms with Crippen molar-refractivity contribution < 1.29 is 22.7 Å². The van der Waals surface area contributed by atoms with Crippen LogP contribution in [0.1, 0.15) is 36.9 Å². The number of hydrogen-bond donors (Lipinski definition) is 2. The summed E-state index contributed by atoms with van der Waals surface area (Å²) in [5, 5.41) is 5.48. The Balaban J connectivity index is 1.85. The van der Waals surface area contributed by atoms with Gasteiger partial charge in [0.25, 0.3) is 0 Å². The van der Waals surface area contributed by atoms with Gasteiger partial charge in [-0.25, -0.2) is 8.42 Å². The largest absolute Gasteiger partial charge is 0.385 e. The van der Waals surface area contributed by atoms with Crippen LogP contribution < -0.4 is 10.6 Å². The Morgan fingerprint density at radius 1 is 1.12 bits per heavy atom. The van der Waals surface area contributed by atoms with Crippen molar-refractivity contribution in [3.8, 4) is 0 Å². The zero-order chi connectivity index (χ0) is 23.1. The molecule has 2 aromatic rings. The van der Waals surface area contributed by atoms with E-state index in [0.717, 1.165) is 11.1 Å². The molecule has 2 amide bonds. The van der Waals surface area contributed by atoms with Crippen LogP contribution in [0.4, 0.5) is 5.69 Å². The molecule has 0 saturated carbocycles. The first-order valence-corrected chi connectivity index (χ1v) is 12.0. The molecule has 1 atom stereocenters. The van der Waals surface area contributed by atoms with Crippen molar-refractivity contribution >= 4 is 27.5 Å². The minimum absolute atomic E-state index is 0.0349. The van der Waals surface area contributed by atoms with Gasteiger partial charge in [-0.3, -0.25) is 9.59 Å². The van der Waals surface area contributed by atoms with Crippen molar-refractivity contribution in [1.29, 1.82) is 0 Å². The third-order valence-electron chi connectivity index (χ3n) is 5.37. The fourth-order valence-electron chi connectivity index (χ4n) is 3.87. The highest BCUT2D eigenvalue weighted by Gasteiger charge is 2.37. The van der Waals surface area contributed by atoms with Gasteiger partial charge < -0.3 is 15.4 Å². The Morgan fingerprint density at radius 3 is 2.53 bits per heavy atom. The van der Waals surface area contributed by atoms with E-state index in [0.29, 0.717) is 31.7 Å². The molecule has 2 aromatic carbocycles. The summed E-state index contributed by atoms with van der Waals surface area (Å²) < 4.78 is 33.4. The number of carbonyl (C=O) groups is 2. The van der Waals surface area contributed by atoms with E-state index >= 15 is 0 Å². The monoisotopic (exact) mass is 459 g/mol. The zero-order valence-corrected chi connectivity index (χ0v) is 19.2. The minimum Gasteiger partial charge on any atom is -0.385 e. The fourth-order valence-corrected chi connectivity index (χ4v) is 5.47. The van der Waals surface area contributed by atoms with E-state index < -0.39 is 16.1 Å². The number of amides is 2. The number of anilines is 1. The summed E-state index contributed by atoms with van der Waals surface area (Å²) in [4.78, 5) is 24.0. The van der Waals surface area contributed by atoms with Crippen LogP contribution in [-0.2, 0) is 30.8 Å². The predicted molar refractivity (Wildman–Crippen MR) is 122 cm³/mol. The maximum atomic E-state index is 13.5. The molecule has 172 valence electrons. The van der Waals surface area contributed by atoms with Crippen molar-refractivity contribution in [2.45, 2.75) is 37.1 Å². The highest BCUT2D eigenvalue weighted by Crippen LogP contribution is 2.36. The van der Waals surface area contributed by atoms with Crippen molar-refractivity contribution in [2.75, 3.05) is 32.1 Å². The van der Waals surface area contributed by atoms with E-state index in [9.17, 15) is 18.0 Å². The average molecular weight is 460 g/mol. The van der Waals surface area contributed by atoms with E-state index in [1.807, 2.05) is 24.3 Å². The van der Waals surface area contributed by atoms with Gasteiger partial charge in [-0.2, -0.15) is 4.31 Å². The maximum absolute atomic E-state index is 13.5. The summed E-state index contributed by atoms with van der Waals surface area (Å²) in [5.74, 6) is -0.436. The SMILES string of the molecule is COCCCNC(=O)C[C@@H]1c2ccccc2CCN1S(=O)(=O)c1ccc(NC(C)=O)cc1. The maximum Gasteiger partial charge on any atom is 0.243 e. The van der Waals surface area contributed by atoms with Gasteiger partial charge in [0.05, 0.1) is 10.9 Å². The summed E-state index contributed by atoms with van der Waals surface area (Å²) >= 11 is 0. The first-order valence-electron chi connectivity index (χ1n) is 10.6. The van der Waals surface area contributed by atoms with Crippen molar-refractivity contribution in [3.05, 3.63) is 59.7 Å². The summed E-state index contributed by atoms with van der Waals surface area (Å²) in [7, 11) is -2.25. The number of rotatable bonds is 9. The van der Waals surface area contributed by atoms with Gasteiger partial charge in [-0.15, -0.1) is 0 Å². The van der Waals surface area contributed by atoms with Gasteiger partial charge >= 0.3 is 0 Å². The number of sulfonamides is 1. The Bertz CT molecular complexity index is 1050. The number of benzene rings is 2. The molecular weight excluding hydrogens is 430 g/mol. The first-order chi connectivity index (χ1) is 15.3. The lowest BCUT2D eigenvalue weighted by molar-refractivity contribution is -0.122. The van der Waals surface area contributed by atoms with Gasteiger partial charge in [0.15, 0.2) is 0 Å². The normalized spacial score (nSPS) is 16.2. The zero-order valence-electron chi connectivity index (χ0n) is 18.3. The van der Waals surface area contributed by atoms with Crippen LogP contribution >= 0.6 is 0 Å². The molecule has 0 saturated heterocycles. The van der Waals surface area contributed by atoms with E-state index in [1.165, 1.54) is 23.4 Å². The van der Waals surface area contributed by atoms with Crippen molar-refractivity contribution in [2.24, 2.45) is 0 Å². The fraction of sp³-hybridized carbons (Fsp3) is 0.391. The average Bonchev–Trinajstić information content (AvgIpc) is 2.77. The standard InChI is InChI=1S/C23H29N3O5S/c1-17(27)25-19-8-10-20(11-9-19)32(29,30)26-14-12-18-6-3-4-7-21(18)22(26)16-23(28)24-13-5-15-31-2/h3-4,6-11,22H,5,12-16H2,1-2H3,(H,24,28)(H,25,27)/t22-/m1/s1. The summed E-state index contributed by atoms with van der Waals surface area (Å²) in [6.45, 7) is 2.69. The van der Waals surface area contributed by atoms with Gasteiger partial charge in [0, 0.05) is 45.8 Å². The molecule has 0 unspecified atom stereocenters. The van der Waals surface area contributed by atoms with E-state index in [2.05, 4.69) is 10.6 Å². The second-order valence-corrected chi connectivity index (χ2v) is 9.58. The lowest BCUT2D eigenvalue weighted by Crippen LogP contribution is -2.42. The number of methoxy groups -OCH3 is 1. The molecule has 0 aromatic heterocycles. The second-order valence-electron chi connectivity index (χ2n) is 7.69. The number of nitrogens with one attached hydrogen (secondary N) is 2. The molecule has 0 radical (unpaired) electrons. The highest BCUT2D eigenvalue weighted by atomic mass is 32.2. The van der Waals surface area contributed by atoms with Crippen LogP contribution in [0.2, 0.25) is 0 Å². The lowest BCUT2D eigenvalue weighted by atomic mass is 9.92. The Hall–Kier alpha value is -2.75. The van der Waals surface area contributed by atoms with E-state index in [4.69, 9.17) is 4.74 Å². The van der Waals surface area contributed by atoms with Crippen LogP contribution in [0.3, 0.4) is 0 Å². The molecule has 0 spiro atoms. The number of ether oxygens (including phenoxy) is 1. The Morgan fingerprint density at radius 2 is 1.84 bits per heavy atom. The van der Waals surface area contributed by atoms with Gasteiger partial charge in [-0.05, 0) is 48.2 Å². The second kappa shape index (κ2) is 10.7. The smallest absolute Gasteiger partial charge is 0.243 e. The topological polar surface area (TPSA) is 105 Å². The van der Waals surface area contributed by atoms with Crippen molar-refractivity contribution in [3.63, 3.8) is 0 Å². The third kappa shape index (κ3) is 5.73. The number of carbonyl (C=O) groups excluding carboxylic acids is 2. The number of nitrogens with zero attached hydrogens (tertiary/aromatic N) is 1. The minimum atomic E-state index is -3.85. The summed E-state index contributed by atoms with van der Waals surface area (Å²) in [6, 6.07) is 13.1. The van der Waals surface area contributed by atoms with E-state index in [1.54, 1.807) is 19.2 Å². The lowest BCUT2D eigenvalue weighted by Gasteiger charge is -2.36. The van der Waals surface area contributed by atoms with Gasteiger partial charge in [-0.1, -0.05) is 24.3 Å². The molecule has 0 aliphatic carbocycles. The Kier molecular flexibility index (Phi) is 8.00. The van der Waals surface area contributed by atoms with Crippen molar-refractivity contribution in [1.82, 2.24) is 9.62 Å². The van der Waals surface area contributed by atoms with Crippen LogP contribution in [0.15, 0.2) is 53.4 Å². The van der Waals surface area contributed by atoms with E-state index in [-0.39, 0.29) is 29.7 Å². The van der Waals surface area contributed by atoms with Gasteiger partial charge in [0.1, 0.15) is 0 Å². The highest BCUT2D eigenvalue weighted by molar-refractivity contribution is 7.89. The summed E-state index contributed by atoms with van der Waals surface area (Å²) in [6.07, 6.45) is 1.30. The molecular formula is C23H29N3O5S. The molecule has 3 rings (SSSR count). The first kappa shape index (κ1) is 23.9. The molecule has 9 heteroatoms. The number of fused-ring (bicyclic) bond motifs is 1. The molecule has 1 heterocycles. The molecule has 1 aliphatic heterocycles. The molecule has 32 heavy (non-hydrogen) atoms. The Labute approximate surface area is 189 Å². The third-order valence-corrected chi connectivity index (χ3v) is 7.29. The van der Waals surface area contributed by atoms with Crippen LogP contribution in [0, 0.1) is 0 Å². The molecule has 1 aliphatic rings. The van der Waals surface area contributed by atoms with Crippen LogP contribution in [0.25, 0.3) is 0 Å². The molecule has 0 fully saturated rings. The molecule has 8 nitrogen and oxygen atoms in total. The predicted octanol–water partition coefficient (Wildman–Crippen LogP) is 2.48. The number of hydrogen-bond acceptors (Lipinski definition) is 5. The van der Waals surface area contributed by atoms with Crippen LogP contribution in [-0.4, -0.2) is 51.3 Å². The van der Waals surface area contributed by atoms with Crippen LogP contribution in [0.5, 0.6) is 0 Å². The molecule has 2 N–H and O–H groups in total. The summed E-state index contributed by atoms with van der Waals surface area (Å²) in [5.41, 5.74) is 2.42. The quantitative estimate of drug-likeness (QED) is 0.561. The molecule has 0 bridgehead atoms.